The van der Waals surface area contributed by atoms with Crippen LogP contribution in [0.1, 0.15) is 0 Å². The van der Waals surface area contributed by atoms with Crippen molar-refractivity contribution in [3.8, 4) is 5.97 Å². The lowest BCUT2D eigenvalue weighted by Gasteiger charge is -2.30. The van der Waals surface area contributed by atoms with Gasteiger partial charge in [-0.3, -0.25) is 0 Å². The molecule has 44 valence electrons. The van der Waals surface area contributed by atoms with Gasteiger partial charge in [-0.05, 0) is 0 Å². The standard InChI is InChI=1S/C5H6BN3/c1-9(6-4-7)3-2-8-5-9/h2-3,5H,1H3. The van der Waals surface area contributed by atoms with E-state index in [4.69, 9.17) is 5.26 Å². The van der Waals surface area contributed by atoms with Gasteiger partial charge in [0.1, 0.15) is 13.8 Å². The Morgan fingerprint density at radius 1 is 1.78 bits per heavy atom. The lowest BCUT2D eigenvalue weighted by atomic mass is 9.93. The topological polar surface area (TPSA) is 36.1 Å². The van der Waals surface area contributed by atoms with Crippen LogP contribution in [-0.4, -0.2) is 25.2 Å². The highest BCUT2D eigenvalue weighted by atomic mass is 15.3. The van der Waals surface area contributed by atoms with Crippen LogP contribution in [-0.2, 0) is 0 Å². The summed E-state index contributed by atoms with van der Waals surface area (Å²) in [6, 6.07) is 0. The van der Waals surface area contributed by atoms with Crippen LogP contribution in [0.15, 0.2) is 17.4 Å². The minimum atomic E-state index is 0.385. The molecule has 1 aliphatic heterocycles. The third kappa shape index (κ3) is 1.18. The van der Waals surface area contributed by atoms with E-state index in [0.29, 0.717) is 4.39 Å². The first kappa shape index (κ1) is 6.05. The van der Waals surface area contributed by atoms with Gasteiger partial charge < -0.3 is 4.39 Å². The van der Waals surface area contributed by atoms with Crippen LogP contribution in [0.2, 0.25) is 0 Å². The van der Waals surface area contributed by atoms with Crippen LogP contribution in [0.3, 0.4) is 0 Å². The maximum absolute atomic E-state index is 8.28. The van der Waals surface area contributed by atoms with Gasteiger partial charge in [-0.25, -0.2) is 10.3 Å². The SMILES string of the molecule is C[N+]1([B-]C#N)C=CN=C1. The van der Waals surface area contributed by atoms with Crippen molar-refractivity contribution >= 4 is 13.8 Å². The monoisotopic (exact) mass is 119 g/mol. The van der Waals surface area contributed by atoms with Crippen molar-refractivity contribution in [1.82, 2.24) is 0 Å². The summed E-state index contributed by atoms with van der Waals surface area (Å²) >= 11 is 0. The van der Waals surface area contributed by atoms with Gasteiger partial charge in [-0.15, -0.1) is 5.97 Å². The lowest BCUT2D eigenvalue weighted by molar-refractivity contribution is -0.626. The molecule has 0 bridgehead atoms. The molecule has 2 radical (unpaired) electrons. The van der Waals surface area contributed by atoms with Crippen molar-refractivity contribution in [2.75, 3.05) is 7.05 Å². The van der Waals surface area contributed by atoms with Crippen LogP contribution in [0.25, 0.3) is 0 Å². The third-order valence-corrected chi connectivity index (χ3v) is 1.13. The van der Waals surface area contributed by atoms with Gasteiger partial charge in [-0.2, -0.15) is 0 Å². The number of quaternary nitrogens is 1. The number of nitrogens with zero attached hydrogens (tertiary/aromatic N) is 3. The highest BCUT2D eigenvalue weighted by molar-refractivity contribution is 6.38. The van der Waals surface area contributed by atoms with Crippen molar-refractivity contribution in [2.45, 2.75) is 0 Å². The summed E-state index contributed by atoms with van der Waals surface area (Å²) in [5.74, 6) is 1.95. The van der Waals surface area contributed by atoms with Crippen molar-refractivity contribution in [3.05, 3.63) is 12.4 Å². The molecule has 1 rings (SSSR count). The Balaban J connectivity index is 2.67. The zero-order valence-corrected chi connectivity index (χ0v) is 5.15. The second-order valence-electron chi connectivity index (χ2n) is 2.04. The Morgan fingerprint density at radius 3 is 3.00 bits per heavy atom. The molecule has 1 atom stereocenters. The summed E-state index contributed by atoms with van der Waals surface area (Å²) in [7, 11) is 3.36. The molecule has 3 nitrogen and oxygen atoms in total. The normalized spacial score (nSPS) is 30.7. The fourth-order valence-corrected chi connectivity index (χ4v) is 0.604. The van der Waals surface area contributed by atoms with E-state index in [2.05, 4.69) is 4.99 Å². The van der Waals surface area contributed by atoms with E-state index >= 15 is 0 Å². The molecule has 0 aromatic carbocycles. The molecule has 0 aromatic heterocycles. The minimum Gasteiger partial charge on any atom is -0.477 e. The second kappa shape index (κ2) is 2.04. The summed E-state index contributed by atoms with van der Waals surface area (Å²) in [5.41, 5.74) is 0. The molecular formula is C5H6BN3. The first-order valence-electron chi connectivity index (χ1n) is 2.58. The molecule has 0 spiro atoms. The number of rotatable bonds is 1. The molecule has 4 heteroatoms. The van der Waals surface area contributed by atoms with Crippen LogP contribution in [0, 0.1) is 11.2 Å². The lowest BCUT2D eigenvalue weighted by Crippen LogP contribution is -2.37. The average molecular weight is 119 g/mol. The van der Waals surface area contributed by atoms with Gasteiger partial charge in [0.15, 0.2) is 0 Å². The number of hydrogen-bond acceptors (Lipinski definition) is 2. The fourth-order valence-electron chi connectivity index (χ4n) is 0.604. The molecule has 1 heterocycles. The molecule has 9 heavy (non-hydrogen) atoms. The zero-order valence-electron chi connectivity index (χ0n) is 5.15. The molecule has 0 N–H and O–H groups in total. The summed E-state index contributed by atoms with van der Waals surface area (Å²) in [6.45, 7) is 0. The van der Waals surface area contributed by atoms with Gasteiger partial charge in [-0.1, -0.05) is 0 Å². The molecule has 0 saturated carbocycles. The maximum Gasteiger partial charge on any atom is 0.145 e. The van der Waals surface area contributed by atoms with E-state index in [-0.39, 0.29) is 0 Å². The highest BCUT2D eigenvalue weighted by Gasteiger charge is 2.06. The molecule has 0 aliphatic carbocycles. The summed E-state index contributed by atoms with van der Waals surface area (Å²) in [5, 5.41) is 8.28. The Labute approximate surface area is 54.8 Å². The molecule has 0 fully saturated rings. The predicted molar refractivity (Wildman–Crippen MR) is 35.2 cm³/mol. The number of aliphatic imine (C=N–C) groups is 1. The zero-order chi connectivity index (χ0) is 6.74. The summed E-state index contributed by atoms with van der Waals surface area (Å²) < 4.78 is 0.385. The van der Waals surface area contributed by atoms with E-state index in [1.54, 1.807) is 12.5 Å². The molecular weight excluding hydrogens is 113 g/mol. The first-order valence-corrected chi connectivity index (χ1v) is 2.58. The van der Waals surface area contributed by atoms with Crippen molar-refractivity contribution in [1.29, 1.82) is 5.26 Å². The second-order valence-corrected chi connectivity index (χ2v) is 2.04. The molecule has 0 saturated heterocycles. The van der Waals surface area contributed by atoms with E-state index in [1.165, 1.54) is 7.41 Å². The van der Waals surface area contributed by atoms with Crippen LogP contribution < -0.4 is 0 Å². The van der Waals surface area contributed by atoms with Gasteiger partial charge in [0, 0.05) is 7.05 Å². The van der Waals surface area contributed by atoms with Crippen LogP contribution >= 0.6 is 0 Å². The smallest absolute Gasteiger partial charge is 0.145 e. The fraction of sp³-hybridized carbons (Fsp3) is 0.200. The number of nitriles is 1. The van der Waals surface area contributed by atoms with Gasteiger partial charge >= 0.3 is 0 Å². The van der Waals surface area contributed by atoms with E-state index in [0.717, 1.165) is 0 Å². The Hall–Kier alpha value is -1.08. The van der Waals surface area contributed by atoms with Gasteiger partial charge in [0.2, 0.25) is 0 Å². The number of hydrogen-bond donors (Lipinski definition) is 0. The summed E-state index contributed by atoms with van der Waals surface area (Å²) in [6.07, 6.45) is 5.18. The van der Waals surface area contributed by atoms with E-state index < -0.39 is 0 Å². The minimum absolute atomic E-state index is 0.385. The van der Waals surface area contributed by atoms with Gasteiger partial charge in [0.25, 0.3) is 0 Å². The van der Waals surface area contributed by atoms with Gasteiger partial charge in [0.05, 0.1) is 12.4 Å². The first-order chi connectivity index (χ1) is 4.27. The highest BCUT2D eigenvalue weighted by Crippen LogP contribution is 2.02. The quantitative estimate of drug-likeness (QED) is 0.449. The average Bonchev–Trinajstić information content (AvgIpc) is 2.16. The van der Waals surface area contributed by atoms with Crippen LogP contribution in [0.4, 0.5) is 0 Å². The molecule has 0 aromatic rings. The Kier molecular flexibility index (Phi) is 1.37. The Bertz CT molecular complexity index is 189. The van der Waals surface area contributed by atoms with Crippen LogP contribution in [0.5, 0.6) is 0 Å². The van der Waals surface area contributed by atoms with Crippen molar-refractivity contribution in [2.24, 2.45) is 4.99 Å². The largest absolute Gasteiger partial charge is 0.477 e. The molecule has 1 aliphatic rings. The maximum atomic E-state index is 8.28. The van der Waals surface area contributed by atoms with E-state index in [1.807, 2.05) is 19.2 Å². The molecule has 0 amide bonds. The Morgan fingerprint density at radius 2 is 2.56 bits per heavy atom. The van der Waals surface area contributed by atoms with E-state index in [9.17, 15) is 0 Å². The predicted octanol–water partition coefficient (Wildman–Crippen LogP) is 0.0464. The summed E-state index contributed by atoms with van der Waals surface area (Å²) in [4.78, 5) is 3.84. The van der Waals surface area contributed by atoms with Crippen molar-refractivity contribution < 1.29 is 4.39 Å². The van der Waals surface area contributed by atoms with Crippen molar-refractivity contribution in [3.63, 3.8) is 0 Å². The third-order valence-electron chi connectivity index (χ3n) is 1.13. The molecule has 1 unspecified atom stereocenters.